The zero-order valence-corrected chi connectivity index (χ0v) is 9.84. The molecule has 0 aliphatic rings. The van der Waals surface area contributed by atoms with Gasteiger partial charge in [-0.2, -0.15) is 5.26 Å². The largest absolute Gasteiger partial charge is 0.361 e. The smallest absolute Gasteiger partial charge is 0.141 e. The van der Waals surface area contributed by atoms with Gasteiger partial charge in [0, 0.05) is 12.5 Å². The molecule has 0 unspecified atom stereocenters. The summed E-state index contributed by atoms with van der Waals surface area (Å²) in [5.74, 6) is 1.37. The van der Waals surface area contributed by atoms with Crippen molar-refractivity contribution in [3.05, 3.63) is 35.7 Å². The Labute approximate surface area is 99.9 Å². The van der Waals surface area contributed by atoms with E-state index in [-0.39, 0.29) is 0 Å². The zero-order chi connectivity index (χ0) is 12.3. The molecule has 2 rings (SSSR count). The van der Waals surface area contributed by atoms with E-state index >= 15 is 0 Å². The van der Waals surface area contributed by atoms with Gasteiger partial charge in [-0.3, -0.25) is 0 Å². The van der Waals surface area contributed by atoms with E-state index in [0.717, 1.165) is 12.2 Å². The fourth-order valence-electron chi connectivity index (χ4n) is 1.57. The predicted molar refractivity (Wildman–Crippen MR) is 63.0 cm³/mol. The van der Waals surface area contributed by atoms with Crippen LogP contribution in [-0.4, -0.2) is 10.1 Å². The van der Waals surface area contributed by atoms with Gasteiger partial charge < -0.3 is 4.52 Å². The second-order valence-corrected chi connectivity index (χ2v) is 4.30. The van der Waals surface area contributed by atoms with Crippen molar-refractivity contribution in [2.75, 3.05) is 0 Å². The minimum Gasteiger partial charge on any atom is -0.361 e. The standard InChI is InChI=1S/C13H13N3O/c1-9(2)6-11-7-13(16-17-11)12-5-3-4-10(8-14)15-12/h3-5,7,9H,6H2,1-2H3. The molecule has 4 heteroatoms. The maximum absolute atomic E-state index is 8.78. The summed E-state index contributed by atoms with van der Waals surface area (Å²) in [6, 6.07) is 9.16. The minimum absolute atomic E-state index is 0.385. The van der Waals surface area contributed by atoms with Crippen molar-refractivity contribution < 1.29 is 4.52 Å². The molecule has 0 bridgehead atoms. The lowest BCUT2D eigenvalue weighted by Crippen LogP contribution is -1.91. The molecular formula is C13H13N3O. The molecule has 0 aliphatic heterocycles. The fourth-order valence-corrected chi connectivity index (χ4v) is 1.57. The van der Waals surface area contributed by atoms with E-state index in [0.29, 0.717) is 23.0 Å². The molecule has 0 amide bonds. The lowest BCUT2D eigenvalue weighted by molar-refractivity contribution is 0.370. The van der Waals surface area contributed by atoms with Crippen LogP contribution in [0, 0.1) is 17.2 Å². The maximum atomic E-state index is 8.78. The normalized spacial score (nSPS) is 10.5. The molecule has 2 aromatic heterocycles. The molecule has 0 saturated heterocycles. The number of rotatable bonds is 3. The van der Waals surface area contributed by atoms with Crippen molar-refractivity contribution in [1.82, 2.24) is 10.1 Å². The van der Waals surface area contributed by atoms with Gasteiger partial charge in [0.05, 0.1) is 5.69 Å². The van der Waals surface area contributed by atoms with Crippen molar-refractivity contribution in [2.24, 2.45) is 5.92 Å². The second kappa shape index (κ2) is 4.79. The van der Waals surface area contributed by atoms with Gasteiger partial charge in [0.15, 0.2) is 0 Å². The molecule has 0 aliphatic carbocycles. The summed E-state index contributed by atoms with van der Waals surface area (Å²) in [4.78, 5) is 4.17. The summed E-state index contributed by atoms with van der Waals surface area (Å²) < 4.78 is 5.23. The van der Waals surface area contributed by atoms with E-state index in [4.69, 9.17) is 9.78 Å². The lowest BCUT2D eigenvalue weighted by Gasteiger charge is -1.97. The first-order valence-corrected chi connectivity index (χ1v) is 5.52. The highest BCUT2D eigenvalue weighted by molar-refractivity contribution is 5.54. The van der Waals surface area contributed by atoms with Crippen LogP contribution in [-0.2, 0) is 6.42 Å². The van der Waals surface area contributed by atoms with Crippen LogP contribution in [0.25, 0.3) is 11.4 Å². The lowest BCUT2D eigenvalue weighted by atomic mass is 10.1. The highest BCUT2D eigenvalue weighted by Crippen LogP contribution is 2.18. The number of hydrogen-bond acceptors (Lipinski definition) is 4. The fraction of sp³-hybridized carbons (Fsp3) is 0.308. The quantitative estimate of drug-likeness (QED) is 0.808. The first-order valence-electron chi connectivity index (χ1n) is 5.52. The Hall–Kier alpha value is -2.15. The topological polar surface area (TPSA) is 62.7 Å². The van der Waals surface area contributed by atoms with Gasteiger partial charge in [0.2, 0.25) is 0 Å². The van der Waals surface area contributed by atoms with Gasteiger partial charge in [-0.05, 0) is 18.1 Å². The number of pyridine rings is 1. The number of nitriles is 1. The third-order valence-electron chi connectivity index (χ3n) is 2.29. The number of nitrogens with zero attached hydrogens (tertiary/aromatic N) is 3. The van der Waals surface area contributed by atoms with Crippen LogP contribution in [0.15, 0.2) is 28.8 Å². The Balaban J connectivity index is 2.27. The minimum atomic E-state index is 0.385. The van der Waals surface area contributed by atoms with E-state index < -0.39 is 0 Å². The third kappa shape index (κ3) is 2.70. The Morgan fingerprint density at radius 3 is 2.88 bits per heavy atom. The zero-order valence-electron chi connectivity index (χ0n) is 9.84. The van der Waals surface area contributed by atoms with Gasteiger partial charge >= 0.3 is 0 Å². The third-order valence-corrected chi connectivity index (χ3v) is 2.29. The Bertz CT molecular complexity index is 552. The summed E-state index contributed by atoms with van der Waals surface area (Å²) in [5.41, 5.74) is 1.73. The van der Waals surface area contributed by atoms with Crippen molar-refractivity contribution in [2.45, 2.75) is 20.3 Å². The van der Waals surface area contributed by atoms with E-state index in [1.54, 1.807) is 12.1 Å². The van der Waals surface area contributed by atoms with Crippen LogP contribution < -0.4 is 0 Å². The molecule has 0 atom stereocenters. The summed E-state index contributed by atoms with van der Waals surface area (Å²) in [6.45, 7) is 4.24. The average Bonchev–Trinajstić information content (AvgIpc) is 2.77. The predicted octanol–water partition coefficient (Wildman–Crippen LogP) is 2.81. The molecule has 0 aromatic carbocycles. The van der Waals surface area contributed by atoms with Crippen LogP contribution in [0.5, 0.6) is 0 Å². The molecule has 0 fully saturated rings. The summed E-state index contributed by atoms with van der Waals surface area (Å²) in [6.07, 6.45) is 0.852. The van der Waals surface area contributed by atoms with Crippen molar-refractivity contribution >= 4 is 0 Å². The highest BCUT2D eigenvalue weighted by Gasteiger charge is 2.09. The van der Waals surface area contributed by atoms with Gasteiger partial charge in [-0.1, -0.05) is 25.1 Å². The average molecular weight is 227 g/mol. The van der Waals surface area contributed by atoms with Crippen LogP contribution in [0.2, 0.25) is 0 Å². The van der Waals surface area contributed by atoms with E-state index in [1.807, 2.05) is 18.2 Å². The molecule has 86 valence electrons. The number of hydrogen-bond donors (Lipinski definition) is 0. The van der Waals surface area contributed by atoms with E-state index in [2.05, 4.69) is 24.0 Å². The van der Waals surface area contributed by atoms with Crippen LogP contribution in [0.4, 0.5) is 0 Å². The Kier molecular flexibility index (Phi) is 3.20. The van der Waals surface area contributed by atoms with Crippen molar-refractivity contribution in [1.29, 1.82) is 5.26 Å². The van der Waals surface area contributed by atoms with Gasteiger partial charge in [0.25, 0.3) is 0 Å². The molecule has 17 heavy (non-hydrogen) atoms. The SMILES string of the molecule is CC(C)Cc1cc(-c2cccc(C#N)n2)no1. The molecule has 0 radical (unpaired) electrons. The first-order chi connectivity index (χ1) is 8.19. The monoisotopic (exact) mass is 227 g/mol. The van der Waals surface area contributed by atoms with E-state index in [1.165, 1.54) is 0 Å². The molecule has 0 saturated carbocycles. The molecule has 2 heterocycles. The van der Waals surface area contributed by atoms with Crippen molar-refractivity contribution in [3.63, 3.8) is 0 Å². The highest BCUT2D eigenvalue weighted by atomic mass is 16.5. The van der Waals surface area contributed by atoms with Gasteiger partial charge in [0.1, 0.15) is 23.2 Å². The first kappa shape index (κ1) is 11.3. The summed E-state index contributed by atoms with van der Waals surface area (Å²) in [5, 5.41) is 12.7. The molecule has 0 N–H and O–H groups in total. The summed E-state index contributed by atoms with van der Waals surface area (Å²) >= 11 is 0. The maximum Gasteiger partial charge on any atom is 0.141 e. The number of aromatic nitrogens is 2. The van der Waals surface area contributed by atoms with Crippen molar-refractivity contribution in [3.8, 4) is 17.5 Å². The Morgan fingerprint density at radius 2 is 2.18 bits per heavy atom. The van der Waals surface area contributed by atoms with E-state index in [9.17, 15) is 0 Å². The molecule has 4 nitrogen and oxygen atoms in total. The van der Waals surface area contributed by atoms with Crippen LogP contribution >= 0.6 is 0 Å². The van der Waals surface area contributed by atoms with Crippen LogP contribution in [0.3, 0.4) is 0 Å². The molecular weight excluding hydrogens is 214 g/mol. The van der Waals surface area contributed by atoms with Crippen LogP contribution in [0.1, 0.15) is 25.3 Å². The van der Waals surface area contributed by atoms with Gasteiger partial charge in [-0.25, -0.2) is 4.98 Å². The molecule has 0 spiro atoms. The molecule has 2 aromatic rings. The second-order valence-electron chi connectivity index (χ2n) is 4.30. The van der Waals surface area contributed by atoms with Gasteiger partial charge in [-0.15, -0.1) is 0 Å². The summed E-state index contributed by atoms with van der Waals surface area (Å²) in [7, 11) is 0. The Morgan fingerprint density at radius 1 is 1.35 bits per heavy atom.